The summed E-state index contributed by atoms with van der Waals surface area (Å²) in [4.78, 5) is 40.9. The van der Waals surface area contributed by atoms with Crippen LogP contribution in [0.1, 0.15) is 24.5 Å². The second-order valence-corrected chi connectivity index (χ2v) is 8.00. The van der Waals surface area contributed by atoms with Gasteiger partial charge in [-0.1, -0.05) is 49.4 Å². The molecular weight excluding hydrogens is 404 g/mol. The van der Waals surface area contributed by atoms with Gasteiger partial charge in [-0.15, -0.1) is 0 Å². The van der Waals surface area contributed by atoms with E-state index in [1.165, 1.54) is 0 Å². The van der Waals surface area contributed by atoms with Gasteiger partial charge in [-0.05, 0) is 29.8 Å². The molecule has 170 valence electrons. The number of rotatable bonds is 9. The molecule has 2 N–H and O–H groups in total. The Balaban J connectivity index is 1.36. The number of hydrogen-bond acceptors (Lipinski definition) is 4. The zero-order chi connectivity index (χ0) is 22.8. The number of anilines is 1. The Labute approximate surface area is 189 Å². The van der Waals surface area contributed by atoms with Crippen LogP contribution in [0.5, 0.6) is 0 Å². The topological polar surface area (TPSA) is 81.8 Å². The van der Waals surface area contributed by atoms with Crippen molar-refractivity contribution in [3.63, 3.8) is 0 Å². The van der Waals surface area contributed by atoms with Gasteiger partial charge in [-0.3, -0.25) is 14.4 Å². The van der Waals surface area contributed by atoms with Gasteiger partial charge >= 0.3 is 0 Å². The lowest BCUT2D eigenvalue weighted by atomic mass is 10.1. The Morgan fingerprint density at radius 3 is 2.12 bits per heavy atom. The van der Waals surface area contributed by atoms with Crippen molar-refractivity contribution in [2.24, 2.45) is 0 Å². The van der Waals surface area contributed by atoms with Crippen molar-refractivity contribution in [1.82, 2.24) is 15.1 Å². The van der Waals surface area contributed by atoms with Gasteiger partial charge in [0.25, 0.3) is 0 Å². The molecule has 0 aliphatic carbocycles. The highest BCUT2D eigenvalue weighted by atomic mass is 16.2. The lowest BCUT2D eigenvalue weighted by molar-refractivity contribution is -0.132. The average molecular weight is 437 g/mol. The lowest BCUT2D eigenvalue weighted by Crippen LogP contribution is -2.48. The molecule has 0 bridgehead atoms. The quantitative estimate of drug-likeness (QED) is 0.631. The zero-order valence-electron chi connectivity index (χ0n) is 18.7. The van der Waals surface area contributed by atoms with E-state index in [0.717, 1.165) is 43.9 Å². The number of benzene rings is 2. The minimum absolute atomic E-state index is 0.103. The van der Waals surface area contributed by atoms with Gasteiger partial charge in [0.15, 0.2) is 0 Å². The average Bonchev–Trinajstić information content (AvgIpc) is 2.81. The minimum atomic E-state index is -0.164. The van der Waals surface area contributed by atoms with Crippen molar-refractivity contribution in [2.75, 3.05) is 44.6 Å². The molecule has 0 aromatic heterocycles. The van der Waals surface area contributed by atoms with E-state index >= 15 is 0 Å². The van der Waals surface area contributed by atoms with Crippen LogP contribution in [0.15, 0.2) is 54.6 Å². The van der Waals surface area contributed by atoms with Crippen molar-refractivity contribution >= 4 is 23.4 Å². The van der Waals surface area contributed by atoms with E-state index in [1.807, 2.05) is 59.5 Å². The standard InChI is InChI=1S/C25H32N4O3/c1-2-28-14-16-29(17-15-28)25(32)19-21-8-10-22(11-9-21)27-23(30)12-13-26-24(31)18-20-6-4-3-5-7-20/h3-11H,2,12-19H2,1H3,(H,26,31)(H,27,30). The molecule has 0 unspecified atom stereocenters. The van der Waals surface area contributed by atoms with Crippen LogP contribution < -0.4 is 10.6 Å². The third-order valence-electron chi connectivity index (χ3n) is 5.65. The summed E-state index contributed by atoms with van der Waals surface area (Å²) in [5.74, 6) is -0.124. The molecule has 3 rings (SSSR count). The van der Waals surface area contributed by atoms with Gasteiger partial charge in [0.05, 0.1) is 12.8 Å². The van der Waals surface area contributed by atoms with E-state index in [-0.39, 0.29) is 30.7 Å². The number of likely N-dealkylation sites (N-methyl/N-ethyl adjacent to an activating group) is 1. The summed E-state index contributed by atoms with van der Waals surface area (Å²) >= 11 is 0. The highest BCUT2D eigenvalue weighted by molar-refractivity contribution is 5.91. The largest absolute Gasteiger partial charge is 0.355 e. The molecule has 2 aromatic rings. The van der Waals surface area contributed by atoms with Crippen LogP contribution in [0.25, 0.3) is 0 Å². The van der Waals surface area contributed by atoms with Crippen LogP contribution in [0.2, 0.25) is 0 Å². The molecule has 1 aliphatic heterocycles. The predicted molar refractivity (Wildman–Crippen MR) is 125 cm³/mol. The highest BCUT2D eigenvalue weighted by Crippen LogP contribution is 2.12. The maximum atomic E-state index is 12.5. The Morgan fingerprint density at radius 2 is 1.47 bits per heavy atom. The van der Waals surface area contributed by atoms with E-state index < -0.39 is 0 Å². The summed E-state index contributed by atoms with van der Waals surface area (Å²) in [7, 11) is 0. The van der Waals surface area contributed by atoms with Crippen LogP contribution in [-0.2, 0) is 27.2 Å². The van der Waals surface area contributed by atoms with Gasteiger partial charge in [-0.25, -0.2) is 0 Å². The normalized spacial score (nSPS) is 14.1. The number of amides is 3. The Hall–Kier alpha value is -3.19. The van der Waals surface area contributed by atoms with Crippen molar-refractivity contribution in [3.05, 3.63) is 65.7 Å². The van der Waals surface area contributed by atoms with Crippen LogP contribution in [0.3, 0.4) is 0 Å². The molecule has 7 nitrogen and oxygen atoms in total. The first-order chi connectivity index (χ1) is 15.5. The fourth-order valence-electron chi connectivity index (χ4n) is 3.69. The highest BCUT2D eigenvalue weighted by Gasteiger charge is 2.20. The fraction of sp³-hybridized carbons (Fsp3) is 0.400. The van der Waals surface area contributed by atoms with Crippen molar-refractivity contribution in [3.8, 4) is 0 Å². The summed E-state index contributed by atoms with van der Waals surface area (Å²) in [5, 5.41) is 5.60. The summed E-state index contributed by atoms with van der Waals surface area (Å²) in [6, 6.07) is 16.9. The number of hydrogen-bond donors (Lipinski definition) is 2. The van der Waals surface area contributed by atoms with Crippen LogP contribution in [-0.4, -0.2) is 66.8 Å². The van der Waals surface area contributed by atoms with Crippen LogP contribution in [0, 0.1) is 0 Å². The first-order valence-electron chi connectivity index (χ1n) is 11.2. The third-order valence-corrected chi connectivity index (χ3v) is 5.65. The van der Waals surface area contributed by atoms with Crippen molar-refractivity contribution < 1.29 is 14.4 Å². The fourth-order valence-corrected chi connectivity index (χ4v) is 3.69. The number of nitrogens with one attached hydrogen (secondary N) is 2. The second-order valence-electron chi connectivity index (χ2n) is 8.00. The molecule has 3 amide bonds. The summed E-state index contributed by atoms with van der Waals surface area (Å²) in [6.45, 7) is 6.87. The number of carbonyl (C=O) groups excluding carboxylic acids is 3. The predicted octanol–water partition coefficient (Wildman–Crippen LogP) is 2.08. The van der Waals surface area contributed by atoms with Gasteiger partial charge in [0.2, 0.25) is 17.7 Å². The monoisotopic (exact) mass is 436 g/mol. The molecule has 1 saturated heterocycles. The van der Waals surface area contributed by atoms with E-state index in [2.05, 4.69) is 22.5 Å². The summed E-state index contributed by atoms with van der Waals surface area (Å²) < 4.78 is 0. The molecule has 0 saturated carbocycles. The van der Waals surface area contributed by atoms with Gasteiger partial charge in [-0.2, -0.15) is 0 Å². The molecule has 0 spiro atoms. The maximum Gasteiger partial charge on any atom is 0.227 e. The molecule has 7 heteroatoms. The molecule has 1 aliphatic rings. The maximum absolute atomic E-state index is 12.5. The van der Waals surface area contributed by atoms with Gasteiger partial charge < -0.3 is 20.4 Å². The molecular formula is C25H32N4O3. The Kier molecular flexibility index (Phi) is 8.80. The van der Waals surface area contributed by atoms with E-state index in [1.54, 1.807) is 0 Å². The van der Waals surface area contributed by atoms with E-state index in [9.17, 15) is 14.4 Å². The smallest absolute Gasteiger partial charge is 0.227 e. The number of piperazine rings is 1. The molecule has 1 heterocycles. The summed E-state index contributed by atoms with van der Waals surface area (Å²) in [5.41, 5.74) is 2.55. The SMILES string of the molecule is CCN1CCN(C(=O)Cc2ccc(NC(=O)CCNC(=O)Cc3ccccc3)cc2)CC1. The Morgan fingerprint density at radius 1 is 0.812 bits per heavy atom. The molecule has 1 fully saturated rings. The second kappa shape index (κ2) is 12.0. The van der Waals surface area contributed by atoms with Gasteiger partial charge in [0.1, 0.15) is 0 Å². The van der Waals surface area contributed by atoms with E-state index in [0.29, 0.717) is 18.5 Å². The minimum Gasteiger partial charge on any atom is -0.355 e. The Bertz CT molecular complexity index is 891. The molecule has 2 aromatic carbocycles. The molecule has 32 heavy (non-hydrogen) atoms. The zero-order valence-corrected chi connectivity index (χ0v) is 18.7. The third kappa shape index (κ3) is 7.50. The van der Waals surface area contributed by atoms with Gasteiger partial charge in [0, 0.05) is 44.8 Å². The lowest BCUT2D eigenvalue weighted by Gasteiger charge is -2.34. The van der Waals surface area contributed by atoms with Crippen molar-refractivity contribution in [2.45, 2.75) is 26.2 Å². The van der Waals surface area contributed by atoms with Crippen LogP contribution in [0.4, 0.5) is 5.69 Å². The molecule has 0 atom stereocenters. The number of nitrogens with zero attached hydrogens (tertiary/aromatic N) is 2. The van der Waals surface area contributed by atoms with E-state index in [4.69, 9.17) is 0 Å². The van der Waals surface area contributed by atoms with Crippen LogP contribution >= 0.6 is 0 Å². The first-order valence-corrected chi connectivity index (χ1v) is 11.2. The number of carbonyl (C=O) groups is 3. The summed E-state index contributed by atoms with van der Waals surface area (Å²) in [6.07, 6.45) is 0.870. The molecule has 0 radical (unpaired) electrons. The first kappa shape index (κ1) is 23.5. The van der Waals surface area contributed by atoms with Crippen molar-refractivity contribution in [1.29, 1.82) is 0 Å².